The van der Waals surface area contributed by atoms with Gasteiger partial charge in [-0.25, -0.2) is 9.78 Å². The minimum Gasteiger partial charge on any atom is -0.477 e. The van der Waals surface area contributed by atoms with Gasteiger partial charge in [-0.15, -0.1) is 0 Å². The van der Waals surface area contributed by atoms with Gasteiger partial charge in [-0.1, -0.05) is 11.6 Å². The molecule has 0 saturated heterocycles. The average Bonchev–Trinajstić information content (AvgIpc) is 2.59. The van der Waals surface area contributed by atoms with E-state index in [9.17, 15) is 19.7 Å². The van der Waals surface area contributed by atoms with Crippen molar-refractivity contribution in [3.8, 4) is 0 Å². The molecule has 0 saturated carbocycles. The summed E-state index contributed by atoms with van der Waals surface area (Å²) in [7, 11) is 0. The molecule has 0 atom stereocenters. The highest BCUT2D eigenvalue weighted by molar-refractivity contribution is 6.31. The summed E-state index contributed by atoms with van der Waals surface area (Å²) in [6.45, 7) is 0.213. The Kier molecular flexibility index (Phi) is 4.55. The molecule has 3 N–H and O–H groups in total. The number of carboxylic acids is 1. The van der Waals surface area contributed by atoms with Gasteiger partial charge in [0.15, 0.2) is 0 Å². The maximum Gasteiger partial charge on any atom is 0.341 e. The lowest BCUT2D eigenvalue weighted by molar-refractivity contribution is -0.385. The molecule has 3 rings (SSSR count). The number of carboxylic acid groups (broad SMARTS) is 1. The number of hydrogen-bond acceptors (Lipinski definition) is 6. The lowest BCUT2D eigenvalue weighted by atomic mass is 10.1. The zero-order valence-electron chi connectivity index (χ0n) is 13.0. The van der Waals surface area contributed by atoms with Crippen molar-refractivity contribution in [2.45, 2.75) is 6.54 Å². The normalized spacial score (nSPS) is 10.7. The first-order chi connectivity index (χ1) is 12.3. The van der Waals surface area contributed by atoms with Crippen LogP contribution in [0.1, 0.15) is 15.9 Å². The minimum atomic E-state index is -1.33. The summed E-state index contributed by atoms with van der Waals surface area (Å²) in [5.74, 6) is -0.934. The number of hydrogen-bond donors (Lipinski definition) is 3. The van der Waals surface area contributed by atoms with Gasteiger partial charge < -0.3 is 15.4 Å². The van der Waals surface area contributed by atoms with E-state index in [1.54, 1.807) is 12.1 Å². The Labute approximate surface area is 150 Å². The van der Waals surface area contributed by atoms with Crippen molar-refractivity contribution in [3.63, 3.8) is 0 Å². The molecule has 132 valence electrons. The number of nitrogens with zero attached hydrogens (tertiary/aromatic N) is 2. The first-order valence-corrected chi connectivity index (χ1v) is 7.66. The molecule has 26 heavy (non-hydrogen) atoms. The number of pyridine rings is 2. The highest BCUT2D eigenvalue weighted by Crippen LogP contribution is 2.23. The summed E-state index contributed by atoms with van der Waals surface area (Å²) in [5, 5.41) is 23.5. The van der Waals surface area contributed by atoms with E-state index in [0.717, 1.165) is 6.20 Å². The summed E-state index contributed by atoms with van der Waals surface area (Å²) >= 11 is 6.08. The number of benzene rings is 1. The zero-order chi connectivity index (χ0) is 18.8. The Balaban J connectivity index is 1.94. The average molecular weight is 375 g/mol. The fraction of sp³-hybridized carbons (Fsp3) is 0.0625. The molecule has 0 fully saturated rings. The standard InChI is InChI=1S/C16H11ClN4O5/c17-10-3-8-5-12(16(23)24)15(22)20-14(8)9(4-10)6-18-13-2-1-11(7-19-13)21(25)26/h1-5,7H,6H2,(H,18,19)(H,20,22)(H,23,24). The second-order valence-electron chi connectivity index (χ2n) is 5.36. The summed E-state index contributed by atoms with van der Waals surface area (Å²) in [6.07, 6.45) is 1.12. The molecular weight excluding hydrogens is 364 g/mol. The van der Waals surface area contributed by atoms with Crippen molar-refractivity contribution in [3.05, 3.63) is 73.1 Å². The van der Waals surface area contributed by atoms with E-state index in [0.29, 0.717) is 27.3 Å². The molecule has 9 nitrogen and oxygen atoms in total. The van der Waals surface area contributed by atoms with Crippen LogP contribution in [0.3, 0.4) is 0 Å². The van der Waals surface area contributed by atoms with E-state index >= 15 is 0 Å². The lowest BCUT2D eigenvalue weighted by Gasteiger charge is -2.10. The van der Waals surface area contributed by atoms with E-state index < -0.39 is 16.5 Å². The number of nitro groups is 1. The smallest absolute Gasteiger partial charge is 0.341 e. The number of aromatic carboxylic acids is 1. The van der Waals surface area contributed by atoms with Crippen LogP contribution in [-0.4, -0.2) is 26.0 Å². The number of rotatable bonds is 5. The first-order valence-electron chi connectivity index (χ1n) is 7.28. The summed E-state index contributed by atoms with van der Waals surface area (Å²) < 4.78 is 0. The van der Waals surface area contributed by atoms with Crippen molar-refractivity contribution in [2.75, 3.05) is 5.32 Å². The van der Waals surface area contributed by atoms with Crippen LogP contribution >= 0.6 is 11.6 Å². The summed E-state index contributed by atoms with van der Waals surface area (Å²) in [4.78, 5) is 39.6. The van der Waals surface area contributed by atoms with E-state index in [2.05, 4.69) is 15.3 Å². The van der Waals surface area contributed by atoms with Gasteiger partial charge in [-0.3, -0.25) is 14.9 Å². The Morgan fingerprint density at radius 3 is 2.73 bits per heavy atom. The SMILES string of the molecule is O=C(O)c1cc2cc(Cl)cc(CNc3ccc([N+](=O)[O-])cn3)c2[nH]c1=O. The molecule has 0 radical (unpaired) electrons. The van der Waals surface area contributed by atoms with Gasteiger partial charge in [0, 0.05) is 23.0 Å². The number of halogens is 1. The van der Waals surface area contributed by atoms with Crippen LogP contribution in [0.2, 0.25) is 5.02 Å². The molecule has 0 aliphatic carbocycles. The molecule has 0 spiro atoms. The third-order valence-corrected chi connectivity index (χ3v) is 3.87. The van der Waals surface area contributed by atoms with Crippen molar-refractivity contribution in [2.24, 2.45) is 0 Å². The number of fused-ring (bicyclic) bond motifs is 1. The maximum atomic E-state index is 11.9. The predicted octanol–water partition coefficient (Wildman–Crippen LogP) is 2.79. The third kappa shape index (κ3) is 3.47. The Morgan fingerprint density at radius 1 is 1.35 bits per heavy atom. The second kappa shape index (κ2) is 6.81. The van der Waals surface area contributed by atoms with Crippen LogP contribution < -0.4 is 10.9 Å². The molecule has 1 aromatic carbocycles. The van der Waals surface area contributed by atoms with Gasteiger partial charge >= 0.3 is 5.97 Å². The fourth-order valence-electron chi connectivity index (χ4n) is 2.44. The summed E-state index contributed by atoms with van der Waals surface area (Å²) in [5.41, 5.74) is -0.174. The number of aromatic nitrogens is 2. The molecule has 0 aliphatic rings. The van der Waals surface area contributed by atoms with Crippen LogP contribution in [0.25, 0.3) is 10.9 Å². The number of carbonyl (C=O) groups is 1. The van der Waals surface area contributed by atoms with Gasteiger partial charge in [0.1, 0.15) is 17.6 Å². The predicted molar refractivity (Wildman–Crippen MR) is 94.8 cm³/mol. The Hall–Kier alpha value is -3.46. The molecule has 2 heterocycles. The Morgan fingerprint density at radius 2 is 2.12 bits per heavy atom. The quantitative estimate of drug-likeness (QED) is 0.461. The van der Waals surface area contributed by atoms with Crippen LogP contribution in [0.4, 0.5) is 11.5 Å². The molecular formula is C16H11ClN4O5. The van der Waals surface area contributed by atoms with E-state index in [1.807, 2.05) is 0 Å². The van der Waals surface area contributed by atoms with Crippen molar-refractivity contribution in [1.82, 2.24) is 9.97 Å². The fourth-order valence-corrected chi connectivity index (χ4v) is 2.69. The van der Waals surface area contributed by atoms with Crippen molar-refractivity contribution in [1.29, 1.82) is 0 Å². The Bertz CT molecular complexity index is 1080. The topological polar surface area (TPSA) is 138 Å². The van der Waals surface area contributed by atoms with Gasteiger partial charge in [0.2, 0.25) is 0 Å². The number of anilines is 1. The molecule has 3 aromatic rings. The van der Waals surface area contributed by atoms with Gasteiger partial charge in [-0.2, -0.15) is 0 Å². The maximum absolute atomic E-state index is 11.9. The summed E-state index contributed by atoms with van der Waals surface area (Å²) in [6, 6.07) is 7.20. The van der Waals surface area contributed by atoms with Crippen LogP contribution in [0.15, 0.2) is 41.3 Å². The monoisotopic (exact) mass is 374 g/mol. The van der Waals surface area contributed by atoms with E-state index in [4.69, 9.17) is 16.7 Å². The van der Waals surface area contributed by atoms with Crippen LogP contribution in [0, 0.1) is 10.1 Å². The highest BCUT2D eigenvalue weighted by atomic mass is 35.5. The second-order valence-corrected chi connectivity index (χ2v) is 5.80. The number of nitrogens with one attached hydrogen (secondary N) is 2. The van der Waals surface area contributed by atoms with Crippen molar-refractivity contribution < 1.29 is 14.8 Å². The molecule has 0 aliphatic heterocycles. The van der Waals surface area contributed by atoms with E-state index in [1.165, 1.54) is 18.2 Å². The lowest BCUT2D eigenvalue weighted by Crippen LogP contribution is -2.17. The number of H-pyrrole nitrogens is 1. The first kappa shape index (κ1) is 17.4. The van der Waals surface area contributed by atoms with Crippen LogP contribution in [0.5, 0.6) is 0 Å². The van der Waals surface area contributed by atoms with Gasteiger partial charge in [0.05, 0.1) is 10.4 Å². The van der Waals surface area contributed by atoms with Gasteiger partial charge in [0.25, 0.3) is 11.2 Å². The molecule has 0 bridgehead atoms. The van der Waals surface area contributed by atoms with Crippen molar-refractivity contribution >= 4 is 40.0 Å². The van der Waals surface area contributed by atoms with E-state index in [-0.39, 0.29) is 17.8 Å². The number of aromatic amines is 1. The largest absolute Gasteiger partial charge is 0.477 e. The van der Waals surface area contributed by atoms with Crippen LogP contribution in [-0.2, 0) is 6.54 Å². The minimum absolute atomic E-state index is 0.130. The highest BCUT2D eigenvalue weighted by Gasteiger charge is 2.13. The molecule has 0 unspecified atom stereocenters. The zero-order valence-corrected chi connectivity index (χ0v) is 13.8. The third-order valence-electron chi connectivity index (χ3n) is 3.65. The molecule has 2 aromatic heterocycles. The molecule has 0 amide bonds. The molecule has 10 heteroatoms. The van der Waals surface area contributed by atoms with Gasteiger partial charge in [-0.05, 0) is 29.8 Å².